The van der Waals surface area contributed by atoms with E-state index in [9.17, 15) is 8.42 Å². The number of rotatable bonds is 8. The van der Waals surface area contributed by atoms with Gasteiger partial charge in [-0.15, -0.1) is 11.3 Å². The van der Waals surface area contributed by atoms with Gasteiger partial charge in [0, 0.05) is 32.2 Å². The van der Waals surface area contributed by atoms with Crippen LogP contribution in [0.1, 0.15) is 11.1 Å². The van der Waals surface area contributed by atoms with Gasteiger partial charge >= 0.3 is 0 Å². The number of ether oxygens (including phenoxy) is 1. The van der Waals surface area contributed by atoms with E-state index < -0.39 is 10.0 Å². The number of thiophene rings is 1. The Morgan fingerprint density at radius 2 is 2.00 bits per heavy atom. The minimum absolute atomic E-state index is 0.196. The Balaban J connectivity index is 1.81. The summed E-state index contributed by atoms with van der Waals surface area (Å²) in [5.41, 5.74) is 2.12. The maximum absolute atomic E-state index is 12.1. The van der Waals surface area contributed by atoms with Gasteiger partial charge in [-0.2, -0.15) is 0 Å². The smallest absolute Gasteiger partial charge is 0.250 e. The minimum Gasteiger partial charge on any atom is -0.496 e. The third-order valence-electron chi connectivity index (χ3n) is 3.64. The molecule has 1 heterocycles. The fourth-order valence-electron chi connectivity index (χ4n) is 2.28. The highest BCUT2D eigenvalue weighted by Gasteiger charge is 2.15. The molecule has 2 rings (SSSR count). The first-order valence-corrected chi connectivity index (χ1v) is 10.9. The third-order valence-corrected chi connectivity index (χ3v) is 6.82. The molecule has 0 unspecified atom stereocenters. The van der Waals surface area contributed by atoms with Crippen LogP contribution in [0.25, 0.3) is 0 Å². The first-order chi connectivity index (χ1) is 12.9. The molecule has 0 atom stereocenters. The van der Waals surface area contributed by atoms with Crippen molar-refractivity contribution in [1.29, 1.82) is 0 Å². The Morgan fingerprint density at radius 3 is 2.63 bits per heavy atom. The average Bonchev–Trinajstić information content (AvgIpc) is 3.09. The highest BCUT2D eigenvalue weighted by Crippen LogP contribution is 2.25. The van der Waals surface area contributed by atoms with Gasteiger partial charge in [0.05, 0.1) is 11.4 Å². The summed E-state index contributed by atoms with van der Waals surface area (Å²) in [7, 11) is -0.256. The number of nitrogens with zero attached hydrogens (tertiary/aromatic N) is 1. The van der Waals surface area contributed by atoms with Crippen LogP contribution in [0, 0.1) is 6.92 Å². The summed E-state index contributed by atoms with van der Waals surface area (Å²) in [6.07, 6.45) is 0. The number of hydrogen-bond donors (Lipinski definition) is 3. The summed E-state index contributed by atoms with van der Waals surface area (Å²) in [5, 5.41) is 6.25. The molecule has 0 aliphatic carbocycles. The lowest BCUT2D eigenvalue weighted by molar-refractivity contribution is 0.408. The summed E-state index contributed by atoms with van der Waals surface area (Å²) in [4.78, 5) is 4.13. The van der Waals surface area contributed by atoms with Gasteiger partial charge in [-0.1, -0.05) is 23.7 Å². The molecule has 0 amide bonds. The molecule has 0 bridgehead atoms. The first-order valence-electron chi connectivity index (χ1n) is 8.18. The van der Waals surface area contributed by atoms with Gasteiger partial charge < -0.3 is 15.4 Å². The van der Waals surface area contributed by atoms with Crippen molar-refractivity contribution in [2.45, 2.75) is 17.7 Å². The van der Waals surface area contributed by atoms with Gasteiger partial charge in [-0.05, 0) is 30.7 Å². The molecule has 7 nitrogen and oxygen atoms in total. The zero-order valence-electron chi connectivity index (χ0n) is 15.4. The maximum Gasteiger partial charge on any atom is 0.250 e. The van der Waals surface area contributed by atoms with E-state index in [0.29, 0.717) is 23.4 Å². The number of sulfonamides is 1. The number of benzene rings is 1. The molecule has 27 heavy (non-hydrogen) atoms. The van der Waals surface area contributed by atoms with Crippen molar-refractivity contribution < 1.29 is 13.2 Å². The molecule has 0 aliphatic rings. The van der Waals surface area contributed by atoms with Crippen molar-refractivity contribution in [3.63, 3.8) is 0 Å². The quantitative estimate of drug-likeness (QED) is 0.339. The Hall–Kier alpha value is -1.81. The van der Waals surface area contributed by atoms with Crippen molar-refractivity contribution in [3.05, 3.63) is 45.8 Å². The lowest BCUT2D eigenvalue weighted by Crippen LogP contribution is -2.41. The second kappa shape index (κ2) is 9.93. The molecule has 10 heteroatoms. The lowest BCUT2D eigenvalue weighted by atomic mass is 10.1. The molecule has 0 spiro atoms. The van der Waals surface area contributed by atoms with Crippen molar-refractivity contribution >= 4 is 38.9 Å². The zero-order chi connectivity index (χ0) is 19.9. The fourth-order valence-corrected chi connectivity index (χ4v) is 4.84. The molecule has 0 fully saturated rings. The molecule has 2 aromatic rings. The monoisotopic (exact) mass is 430 g/mol. The molecule has 0 aliphatic heterocycles. The van der Waals surface area contributed by atoms with Gasteiger partial charge in [0.15, 0.2) is 5.96 Å². The Morgan fingerprint density at radius 1 is 1.22 bits per heavy atom. The highest BCUT2D eigenvalue weighted by atomic mass is 35.5. The van der Waals surface area contributed by atoms with Crippen LogP contribution in [-0.2, 0) is 16.6 Å². The standard InChI is InChI=1S/C17H23ClN4O3S2/c1-12-4-5-13(14(10-12)25-3)11-21-17(19-2)20-8-9-22-27(23,24)16-7-6-15(18)26-16/h4-7,10,22H,8-9,11H2,1-3H3,(H2,19,20,21). The van der Waals surface area contributed by atoms with Crippen LogP contribution in [-0.4, -0.2) is 41.6 Å². The van der Waals surface area contributed by atoms with Gasteiger partial charge in [-0.3, -0.25) is 4.99 Å². The van der Waals surface area contributed by atoms with Gasteiger partial charge in [0.25, 0.3) is 0 Å². The van der Waals surface area contributed by atoms with Gasteiger partial charge in [0.2, 0.25) is 10.0 Å². The van der Waals surface area contributed by atoms with Crippen molar-refractivity contribution in [3.8, 4) is 5.75 Å². The minimum atomic E-state index is -3.55. The second-order valence-electron chi connectivity index (χ2n) is 5.62. The van der Waals surface area contributed by atoms with E-state index in [4.69, 9.17) is 16.3 Å². The van der Waals surface area contributed by atoms with Crippen LogP contribution in [0.5, 0.6) is 5.75 Å². The van der Waals surface area contributed by atoms with Crippen molar-refractivity contribution in [1.82, 2.24) is 15.4 Å². The van der Waals surface area contributed by atoms with Crippen LogP contribution in [0.2, 0.25) is 4.34 Å². The van der Waals surface area contributed by atoms with Crippen LogP contribution >= 0.6 is 22.9 Å². The van der Waals surface area contributed by atoms with Crippen LogP contribution in [0.15, 0.2) is 39.5 Å². The molecular weight excluding hydrogens is 408 g/mol. The number of hydrogen-bond acceptors (Lipinski definition) is 5. The zero-order valence-corrected chi connectivity index (χ0v) is 17.8. The molecule has 1 aromatic carbocycles. The number of aliphatic imine (C=N–C) groups is 1. The number of methoxy groups -OCH3 is 1. The fraction of sp³-hybridized carbons (Fsp3) is 0.353. The van der Waals surface area contributed by atoms with E-state index in [2.05, 4.69) is 20.3 Å². The number of nitrogens with one attached hydrogen (secondary N) is 3. The molecule has 1 aromatic heterocycles. The summed E-state index contributed by atoms with van der Waals surface area (Å²) >= 11 is 6.80. The lowest BCUT2D eigenvalue weighted by Gasteiger charge is -2.14. The Bertz CT molecular complexity index is 897. The molecule has 148 valence electrons. The number of halogens is 1. The van der Waals surface area contributed by atoms with Crippen LogP contribution < -0.4 is 20.1 Å². The summed E-state index contributed by atoms with van der Waals surface area (Å²) in [6.45, 7) is 3.13. The molecule has 0 saturated carbocycles. The van der Waals surface area contributed by atoms with E-state index in [1.54, 1.807) is 20.2 Å². The second-order valence-corrected chi connectivity index (χ2v) is 9.33. The Kier molecular flexibility index (Phi) is 7.91. The summed E-state index contributed by atoms with van der Waals surface area (Å²) in [5.74, 6) is 1.37. The average molecular weight is 431 g/mol. The summed E-state index contributed by atoms with van der Waals surface area (Å²) in [6, 6.07) is 9.03. The molecule has 3 N–H and O–H groups in total. The first kappa shape index (κ1) is 21.5. The topological polar surface area (TPSA) is 91.8 Å². The van der Waals surface area contributed by atoms with Crippen LogP contribution in [0.4, 0.5) is 0 Å². The molecule has 0 radical (unpaired) electrons. The van der Waals surface area contributed by atoms with E-state index >= 15 is 0 Å². The van der Waals surface area contributed by atoms with E-state index in [1.807, 2.05) is 25.1 Å². The van der Waals surface area contributed by atoms with Crippen molar-refractivity contribution in [2.24, 2.45) is 4.99 Å². The third kappa shape index (κ3) is 6.39. The van der Waals surface area contributed by atoms with E-state index in [-0.39, 0.29) is 10.8 Å². The number of guanidine groups is 1. The predicted molar refractivity (Wildman–Crippen MR) is 110 cm³/mol. The number of aryl methyl sites for hydroxylation is 1. The predicted octanol–water partition coefficient (Wildman–Crippen LogP) is 2.36. The van der Waals surface area contributed by atoms with Crippen LogP contribution in [0.3, 0.4) is 0 Å². The van der Waals surface area contributed by atoms with Gasteiger partial charge in [-0.25, -0.2) is 13.1 Å². The Labute approximate surface area is 168 Å². The largest absolute Gasteiger partial charge is 0.496 e. The maximum atomic E-state index is 12.1. The molecular formula is C17H23ClN4O3S2. The normalized spacial score (nSPS) is 12.1. The molecule has 0 saturated heterocycles. The highest BCUT2D eigenvalue weighted by molar-refractivity contribution is 7.91. The van der Waals surface area contributed by atoms with E-state index in [1.165, 1.54) is 6.07 Å². The summed E-state index contributed by atoms with van der Waals surface area (Å²) < 4.78 is 32.8. The van der Waals surface area contributed by atoms with Crippen molar-refractivity contribution in [2.75, 3.05) is 27.2 Å². The van der Waals surface area contributed by atoms with Gasteiger partial charge in [0.1, 0.15) is 9.96 Å². The SMILES string of the molecule is CN=C(NCCNS(=O)(=O)c1ccc(Cl)s1)NCc1ccc(C)cc1OC. The van der Waals surface area contributed by atoms with E-state index in [0.717, 1.165) is 28.2 Å².